The average Bonchev–Trinajstić information content (AvgIpc) is 2.89. The second kappa shape index (κ2) is 7.84. The van der Waals surface area contributed by atoms with Crippen LogP contribution >= 0.6 is 23.4 Å². The van der Waals surface area contributed by atoms with Crippen LogP contribution in [0.25, 0.3) is 0 Å². The lowest BCUT2D eigenvalue weighted by Crippen LogP contribution is -2.61. The number of hydrogen-bond acceptors (Lipinski definition) is 4. The molecule has 3 rings (SSSR count). The maximum atomic E-state index is 12.2. The van der Waals surface area contributed by atoms with E-state index in [-0.39, 0.29) is 28.5 Å². The van der Waals surface area contributed by atoms with Gasteiger partial charge in [0, 0.05) is 33.0 Å². The molecule has 3 unspecified atom stereocenters. The first kappa shape index (κ1) is 19.6. The Morgan fingerprint density at radius 2 is 2.08 bits per heavy atom. The van der Waals surface area contributed by atoms with E-state index in [1.54, 1.807) is 6.92 Å². The van der Waals surface area contributed by atoms with Gasteiger partial charge in [0.15, 0.2) is 4.90 Å². The lowest BCUT2D eigenvalue weighted by molar-refractivity contribution is -0.161. The third-order valence-corrected chi connectivity index (χ3v) is 8.29. The fourth-order valence-corrected chi connectivity index (χ4v) is 6.59. The van der Waals surface area contributed by atoms with E-state index in [0.29, 0.717) is 11.4 Å². The topological polar surface area (TPSA) is 77.8 Å². The number of rotatable bonds is 7. The van der Waals surface area contributed by atoms with Crippen molar-refractivity contribution in [3.63, 3.8) is 0 Å². The van der Waals surface area contributed by atoms with Gasteiger partial charge in [-0.3, -0.25) is 4.79 Å². The Hall–Kier alpha value is -1.15. The van der Waals surface area contributed by atoms with Crippen molar-refractivity contribution in [1.29, 1.82) is 0 Å². The standard InChI is InChI=1S/C18H20ClNO4S2/c1-10(21)15-13-9-14(16(18(23)24)20(13)17(15)22)25-7-8-26(2)12-5-3-11(19)4-6-12/h3-6,10,13,15,21H,7-9H2,1-2H3/p+1/t10-,13?,15?,26?/m1/s1. The van der Waals surface area contributed by atoms with E-state index in [1.807, 2.05) is 24.3 Å². The van der Waals surface area contributed by atoms with Crippen molar-refractivity contribution in [1.82, 2.24) is 4.90 Å². The maximum Gasteiger partial charge on any atom is 0.353 e. The second-order valence-electron chi connectivity index (χ2n) is 6.47. The number of carboxylic acids is 1. The van der Waals surface area contributed by atoms with Crippen LogP contribution in [0.15, 0.2) is 39.8 Å². The monoisotopic (exact) mass is 414 g/mol. The molecule has 0 saturated carbocycles. The molecule has 0 bridgehead atoms. The van der Waals surface area contributed by atoms with E-state index in [0.717, 1.165) is 16.4 Å². The molecular formula is C18H21ClNO4S2+. The Bertz CT molecular complexity index is 750. The number of hydrogen-bond donors (Lipinski definition) is 2. The Morgan fingerprint density at radius 1 is 1.42 bits per heavy atom. The van der Waals surface area contributed by atoms with Crippen molar-refractivity contribution in [3.05, 3.63) is 39.9 Å². The smallest absolute Gasteiger partial charge is 0.353 e. The van der Waals surface area contributed by atoms with Crippen LogP contribution in [0.3, 0.4) is 0 Å². The zero-order valence-electron chi connectivity index (χ0n) is 14.5. The molecule has 1 aromatic carbocycles. The molecule has 1 fully saturated rings. The minimum atomic E-state index is -1.07. The lowest BCUT2D eigenvalue weighted by Gasteiger charge is -2.44. The molecule has 0 aliphatic carbocycles. The first-order chi connectivity index (χ1) is 12.3. The number of nitrogens with zero attached hydrogens (tertiary/aromatic N) is 1. The van der Waals surface area contributed by atoms with Gasteiger partial charge >= 0.3 is 5.97 Å². The molecule has 26 heavy (non-hydrogen) atoms. The van der Waals surface area contributed by atoms with Gasteiger partial charge in [-0.1, -0.05) is 11.6 Å². The van der Waals surface area contributed by atoms with Gasteiger partial charge in [0.25, 0.3) is 0 Å². The number of aliphatic hydroxyl groups excluding tert-OH is 1. The van der Waals surface area contributed by atoms with Crippen molar-refractivity contribution in [2.75, 3.05) is 17.8 Å². The quantitative estimate of drug-likeness (QED) is 0.529. The molecule has 140 valence electrons. The summed E-state index contributed by atoms with van der Waals surface area (Å²) >= 11 is 7.43. The number of amides is 1. The van der Waals surface area contributed by atoms with Crippen LogP contribution in [0.1, 0.15) is 13.3 Å². The van der Waals surface area contributed by atoms with Gasteiger partial charge in [0.1, 0.15) is 17.7 Å². The summed E-state index contributed by atoms with van der Waals surface area (Å²) in [5.41, 5.74) is 0.101. The van der Waals surface area contributed by atoms with Crippen molar-refractivity contribution in [2.45, 2.75) is 30.4 Å². The molecular weight excluding hydrogens is 394 g/mol. The zero-order chi connectivity index (χ0) is 19.0. The van der Waals surface area contributed by atoms with E-state index >= 15 is 0 Å². The summed E-state index contributed by atoms with van der Waals surface area (Å²) in [6.45, 7) is 1.58. The fraction of sp³-hybridized carbons (Fsp3) is 0.444. The molecule has 0 aromatic heterocycles. The summed E-state index contributed by atoms with van der Waals surface area (Å²) in [4.78, 5) is 27.1. The van der Waals surface area contributed by atoms with Crippen LogP contribution in [0.4, 0.5) is 0 Å². The highest BCUT2D eigenvalue weighted by atomic mass is 35.5. The van der Waals surface area contributed by atoms with Crippen LogP contribution in [0, 0.1) is 5.92 Å². The number of thioether (sulfide) groups is 1. The fourth-order valence-electron chi connectivity index (χ4n) is 3.43. The number of halogens is 1. The van der Waals surface area contributed by atoms with Gasteiger partial charge in [0.2, 0.25) is 5.91 Å². The number of aliphatic hydroxyl groups is 1. The van der Waals surface area contributed by atoms with E-state index in [1.165, 1.54) is 21.6 Å². The lowest BCUT2D eigenvalue weighted by atomic mass is 9.83. The molecule has 1 amide bonds. The van der Waals surface area contributed by atoms with Gasteiger partial charge in [-0.05, 0) is 31.2 Å². The molecule has 0 spiro atoms. The van der Waals surface area contributed by atoms with Gasteiger partial charge in [-0.2, -0.15) is 0 Å². The van der Waals surface area contributed by atoms with Crippen LogP contribution in [0.2, 0.25) is 5.02 Å². The number of β-lactam (4-membered cyclic amide) rings is 1. The van der Waals surface area contributed by atoms with E-state index in [9.17, 15) is 19.8 Å². The first-order valence-corrected chi connectivity index (χ1v) is 11.5. The molecule has 1 aromatic rings. The van der Waals surface area contributed by atoms with Crippen molar-refractivity contribution in [3.8, 4) is 0 Å². The predicted octanol–water partition coefficient (Wildman–Crippen LogP) is 2.59. The summed E-state index contributed by atoms with van der Waals surface area (Å²) in [6, 6.07) is 7.58. The Kier molecular flexibility index (Phi) is 5.91. The van der Waals surface area contributed by atoms with Gasteiger partial charge in [0.05, 0.1) is 18.1 Å². The second-order valence-corrected chi connectivity index (χ2v) is 10.2. The molecule has 1 saturated heterocycles. The third-order valence-electron chi connectivity index (χ3n) is 4.77. The number of carbonyl (C=O) groups excluding carboxylic acids is 1. The summed E-state index contributed by atoms with van der Waals surface area (Å²) in [7, 11) is 0.0432. The van der Waals surface area contributed by atoms with Gasteiger partial charge in [-0.25, -0.2) is 4.79 Å². The Balaban J connectivity index is 1.63. The van der Waals surface area contributed by atoms with Crippen LogP contribution in [-0.2, 0) is 20.5 Å². The molecule has 0 radical (unpaired) electrons. The first-order valence-electron chi connectivity index (χ1n) is 8.29. The number of fused-ring (bicyclic) bond motifs is 1. The minimum Gasteiger partial charge on any atom is -0.477 e. The molecule has 2 aliphatic heterocycles. The van der Waals surface area contributed by atoms with Gasteiger partial charge in [-0.15, -0.1) is 11.8 Å². The summed E-state index contributed by atoms with van der Waals surface area (Å²) in [6.07, 6.45) is 1.92. The molecule has 2 N–H and O–H groups in total. The number of carboxylic acid groups (broad SMARTS) is 1. The molecule has 8 heteroatoms. The third kappa shape index (κ3) is 3.63. The highest BCUT2D eigenvalue weighted by molar-refractivity contribution is 8.04. The Labute approximate surface area is 164 Å². The van der Waals surface area contributed by atoms with Crippen molar-refractivity contribution in [2.24, 2.45) is 5.92 Å². The predicted molar refractivity (Wildman–Crippen MR) is 105 cm³/mol. The van der Waals surface area contributed by atoms with Crippen LogP contribution < -0.4 is 0 Å². The highest BCUT2D eigenvalue weighted by Gasteiger charge is 2.56. The number of aliphatic carboxylic acids is 1. The highest BCUT2D eigenvalue weighted by Crippen LogP contribution is 2.47. The maximum absolute atomic E-state index is 12.2. The van der Waals surface area contributed by atoms with E-state index in [4.69, 9.17) is 11.6 Å². The number of carbonyl (C=O) groups is 2. The summed E-state index contributed by atoms with van der Waals surface area (Å²) in [5.74, 6) is -0.142. The summed E-state index contributed by atoms with van der Waals surface area (Å²) < 4.78 is 0. The molecule has 4 atom stereocenters. The van der Waals surface area contributed by atoms with Crippen molar-refractivity contribution >= 4 is 46.1 Å². The Morgan fingerprint density at radius 3 is 2.65 bits per heavy atom. The van der Waals surface area contributed by atoms with E-state index in [2.05, 4.69) is 6.26 Å². The molecule has 2 aliphatic rings. The minimum absolute atomic E-state index is 0.0432. The van der Waals surface area contributed by atoms with Crippen molar-refractivity contribution < 1.29 is 19.8 Å². The largest absolute Gasteiger partial charge is 0.477 e. The summed E-state index contributed by atoms with van der Waals surface area (Å²) in [5, 5.41) is 20.0. The normalized spacial score (nSPS) is 24.3. The average molecular weight is 415 g/mol. The molecule has 5 nitrogen and oxygen atoms in total. The number of benzene rings is 1. The van der Waals surface area contributed by atoms with Crippen LogP contribution in [0.5, 0.6) is 0 Å². The van der Waals surface area contributed by atoms with Gasteiger partial charge < -0.3 is 15.1 Å². The zero-order valence-corrected chi connectivity index (χ0v) is 16.9. The molecule has 2 heterocycles. The SMILES string of the molecule is C[C@@H](O)C1C(=O)N2C(C(=O)O)=C(SCC[S+](C)c3ccc(Cl)cc3)CC12. The van der Waals surface area contributed by atoms with E-state index < -0.39 is 18.0 Å². The van der Waals surface area contributed by atoms with Crippen LogP contribution in [-0.4, -0.2) is 56.9 Å².